The second-order valence-corrected chi connectivity index (χ2v) is 5.25. The van der Waals surface area contributed by atoms with Crippen LogP contribution >= 0.6 is 0 Å². The molecule has 0 atom stereocenters. The first-order valence-corrected chi connectivity index (χ1v) is 7.34. The summed E-state index contributed by atoms with van der Waals surface area (Å²) < 4.78 is 0. The highest BCUT2D eigenvalue weighted by atomic mass is 14.3. The van der Waals surface area contributed by atoms with Gasteiger partial charge in [-0.25, -0.2) is 0 Å². The van der Waals surface area contributed by atoms with E-state index in [0.29, 0.717) is 5.41 Å². The molecule has 0 amide bonds. The first kappa shape index (κ1) is 14.3. The molecule has 0 aliphatic heterocycles. The molecule has 0 fully saturated rings. The Morgan fingerprint density at radius 3 is 1.82 bits per heavy atom. The van der Waals surface area contributed by atoms with Gasteiger partial charge < -0.3 is 0 Å². The van der Waals surface area contributed by atoms with Gasteiger partial charge in [0.05, 0.1) is 0 Å². The Bertz CT molecular complexity index is 280. The van der Waals surface area contributed by atoms with E-state index < -0.39 is 0 Å². The zero-order valence-corrected chi connectivity index (χ0v) is 11.8. The molecule has 1 rings (SSSR count). The lowest BCUT2D eigenvalue weighted by Crippen LogP contribution is -2.26. The van der Waals surface area contributed by atoms with Crippen LogP contribution in [0, 0.1) is 0 Å². The van der Waals surface area contributed by atoms with E-state index >= 15 is 0 Å². The van der Waals surface area contributed by atoms with E-state index in [2.05, 4.69) is 51.1 Å². The van der Waals surface area contributed by atoms with Crippen molar-refractivity contribution in [1.82, 2.24) is 0 Å². The fraction of sp³-hybridized carbons (Fsp3) is 0.647. The average Bonchev–Trinajstić information content (AvgIpc) is 2.37. The molecule has 1 aromatic carbocycles. The summed E-state index contributed by atoms with van der Waals surface area (Å²) in [6, 6.07) is 11.2. The molecule has 0 heterocycles. The van der Waals surface area contributed by atoms with Gasteiger partial charge in [-0.05, 0) is 30.2 Å². The Morgan fingerprint density at radius 2 is 1.35 bits per heavy atom. The number of rotatable bonds is 8. The summed E-state index contributed by atoms with van der Waals surface area (Å²) in [6.45, 7) is 6.94. The number of benzene rings is 1. The van der Waals surface area contributed by atoms with E-state index in [-0.39, 0.29) is 0 Å². The topological polar surface area (TPSA) is 0 Å². The molecule has 0 nitrogen and oxygen atoms in total. The van der Waals surface area contributed by atoms with Crippen molar-refractivity contribution in [3.05, 3.63) is 35.9 Å². The molecule has 0 unspecified atom stereocenters. The van der Waals surface area contributed by atoms with Gasteiger partial charge in [0, 0.05) is 0 Å². The van der Waals surface area contributed by atoms with Crippen molar-refractivity contribution < 1.29 is 0 Å². The second-order valence-electron chi connectivity index (χ2n) is 5.25. The summed E-state index contributed by atoms with van der Waals surface area (Å²) in [5, 5.41) is 0. The molecule has 1 aromatic rings. The first-order valence-electron chi connectivity index (χ1n) is 7.34. The fourth-order valence-corrected chi connectivity index (χ4v) is 3.07. The summed E-state index contributed by atoms with van der Waals surface area (Å²) in [7, 11) is 0. The third-order valence-corrected chi connectivity index (χ3v) is 3.85. The van der Waals surface area contributed by atoms with Crippen LogP contribution in [0.4, 0.5) is 0 Å². The van der Waals surface area contributed by atoms with Crippen LogP contribution < -0.4 is 0 Å². The van der Waals surface area contributed by atoms with Crippen LogP contribution in [0.2, 0.25) is 0 Å². The third-order valence-electron chi connectivity index (χ3n) is 3.85. The fourth-order valence-electron chi connectivity index (χ4n) is 3.07. The van der Waals surface area contributed by atoms with Crippen LogP contribution in [-0.2, 0) is 5.41 Å². The van der Waals surface area contributed by atoms with Crippen LogP contribution in [0.25, 0.3) is 0 Å². The van der Waals surface area contributed by atoms with Crippen molar-refractivity contribution in [1.29, 1.82) is 0 Å². The number of unbranched alkanes of at least 4 members (excludes halogenated alkanes) is 1. The van der Waals surface area contributed by atoms with Crippen LogP contribution in [-0.4, -0.2) is 0 Å². The number of hydrogen-bond acceptors (Lipinski definition) is 0. The lowest BCUT2D eigenvalue weighted by atomic mass is 9.70. The highest BCUT2D eigenvalue weighted by molar-refractivity contribution is 5.25. The van der Waals surface area contributed by atoms with Gasteiger partial charge >= 0.3 is 0 Å². The van der Waals surface area contributed by atoms with E-state index in [1.807, 2.05) is 0 Å². The van der Waals surface area contributed by atoms with Gasteiger partial charge in [0.15, 0.2) is 0 Å². The second kappa shape index (κ2) is 7.53. The van der Waals surface area contributed by atoms with Crippen molar-refractivity contribution in [2.24, 2.45) is 0 Å². The predicted octanol–water partition coefficient (Wildman–Crippen LogP) is 5.71. The lowest BCUT2D eigenvalue weighted by molar-refractivity contribution is 0.321. The van der Waals surface area contributed by atoms with Gasteiger partial charge in [0.1, 0.15) is 0 Å². The molecule has 0 radical (unpaired) electrons. The quantitative estimate of drug-likeness (QED) is 0.538. The summed E-state index contributed by atoms with van der Waals surface area (Å²) in [5.74, 6) is 0. The van der Waals surface area contributed by atoms with E-state index in [1.54, 1.807) is 5.56 Å². The molecule has 96 valence electrons. The van der Waals surface area contributed by atoms with Crippen molar-refractivity contribution in [3.8, 4) is 0 Å². The van der Waals surface area contributed by atoms with Gasteiger partial charge in [-0.2, -0.15) is 0 Å². The Kier molecular flexibility index (Phi) is 6.32. The molecule has 0 aliphatic carbocycles. The minimum absolute atomic E-state index is 0.445. The largest absolute Gasteiger partial charge is 0.0654 e. The molecule has 0 spiro atoms. The number of hydrogen-bond donors (Lipinski definition) is 0. The van der Waals surface area contributed by atoms with Gasteiger partial charge in [-0.1, -0.05) is 76.8 Å². The maximum atomic E-state index is 2.33. The molecule has 0 N–H and O–H groups in total. The summed E-state index contributed by atoms with van der Waals surface area (Å²) in [4.78, 5) is 0. The Labute approximate surface area is 107 Å². The van der Waals surface area contributed by atoms with E-state index in [0.717, 1.165) is 0 Å². The minimum atomic E-state index is 0.445. The Morgan fingerprint density at radius 1 is 0.765 bits per heavy atom. The maximum Gasteiger partial charge on any atom is -0.00472 e. The summed E-state index contributed by atoms with van der Waals surface area (Å²) in [5.41, 5.74) is 2.01. The highest BCUT2D eigenvalue weighted by Crippen LogP contribution is 2.38. The molecule has 0 aliphatic rings. The monoisotopic (exact) mass is 232 g/mol. The molecule has 17 heavy (non-hydrogen) atoms. The van der Waals surface area contributed by atoms with E-state index in [4.69, 9.17) is 0 Å². The zero-order valence-electron chi connectivity index (χ0n) is 11.8. The van der Waals surface area contributed by atoms with Crippen LogP contribution in [0.1, 0.15) is 71.3 Å². The van der Waals surface area contributed by atoms with Gasteiger partial charge in [0.2, 0.25) is 0 Å². The zero-order chi connectivity index (χ0) is 12.6. The van der Waals surface area contributed by atoms with Crippen molar-refractivity contribution in [2.45, 2.75) is 71.1 Å². The highest BCUT2D eigenvalue weighted by Gasteiger charge is 2.29. The van der Waals surface area contributed by atoms with E-state index in [9.17, 15) is 0 Å². The first-order chi connectivity index (χ1) is 8.29. The Hall–Kier alpha value is -0.780. The van der Waals surface area contributed by atoms with Crippen LogP contribution in [0.3, 0.4) is 0 Å². The molecule has 0 aromatic heterocycles. The van der Waals surface area contributed by atoms with E-state index in [1.165, 1.54) is 44.9 Å². The van der Waals surface area contributed by atoms with Crippen LogP contribution in [0.5, 0.6) is 0 Å². The molecule has 0 heteroatoms. The van der Waals surface area contributed by atoms with Crippen LogP contribution in [0.15, 0.2) is 30.3 Å². The molecular weight excluding hydrogens is 204 g/mol. The standard InChI is InChI=1S/C17H28/c1-4-7-15-17(13-5-2,14-6-3)16-11-9-8-10-12-16/h8-12H,4-7,13-15H2,1-3H3. The summed E-state index contributed by atoms with van der Waals surface area (Å²) in [6.07, 6.45) is 9.28. The van der Waals surface area contributed by atoms with Crippen molar-refractivity contribution in [2.75, 3.05) is 0 Å². The Balaban J connectivity index is 2.95. The predicted molar refractivity (Wildman–Crippen MR) is 77.5 cm³/mol. The van der Waals surface area contributed by atoms with Crippen molar-refractivity contribution in [3.63, 3.8) is 0 Å². The minimum Gasteiger partial charge on any atom is -0.0654 e. The molecule has 0 saturated carbocycles. The third kappa shape index (κ3) is 3.87. The maximum absolute atomic E-state index is 2.33. The normalized spacial score (nSPS) is 11.7. The van der Waals surface area contributed by atoms with Gasteiger partial charge in [-0.3, -0.25) is 0 Å². The smallest absolute Gasteiger partial charge is 0.00472 e. The molecule has 0 saturated heterocycles. The van der Waals surface area contributed by atoms with Gasteiger partial charge in [0.25, 0.3) is 0 Å². The SMILES string of the molecule is CCCCC(CCC)(CCC)c1ccccc1. The lowest BCUT2D eigenvalue weighted by Gasteiger charge is -2.34. The molecular formula is C17H28. The summed E-state index contributed by atoms with van der Waals surface area (Å²) >= 11 is 0. The average molecular weight is 232 g/mol. The van der Waals surface area contributed by atoms with Gasteiger partial charge in [-0.15, -0.1) is 0 Å². The van der Waals surface area contributed by atoms with Crippen molar-refractivity contribution >= 4 is 0 Å². The molecule has 0 bridgehead atoms.